The first-order valence-corrected chi connectivity index (χ1v) is 6.01. The third-order valence-corrected chi connectivity index (χ3v) is 2.93. The van der Waals surface area contributed by atoms with Crippen molar-refractivity contribution in [3.8, 4) is 11.1 Å². The molecule has 1 heterocycles. The molecule has 0 amide bonds. The summed E-state index contributed by atoms with van der Waals surface area (Å²) in [5.74, 6) is 0.719. The Morgan fingerprint density at radius 3 is 2.59 bits per heavy atom. The van der Waals surface area contributed by atoms with Gasteiger partial charge in [0.2, 0.25) is 0 Å². The van der Waals surface area contributed by atoms with Gasteiger partial charge in [0.15, 0.2) is 5.76 Å². The van der Waals surface area contributed by atoms with Crippen LogP contribution in [0, 0.1) is 17.0 Å². The molecule has 0 unspecified atom stereocenters. The molecule has 0 aliphatic heterocycles. The second-order valence-electron chi connectivity index (χ2n) is 3.50. The minimum Gasteiger partial charge on any atom is -0.360 e. The van der Waals surface area contributed by atoms with Gasteiger partial charge < -0.3 is 4.52 Å². The molecular formula is C11H9BrN2O3. The highest BCUT2D eigenvalue weighted by Crippen LogP contribution is 2.29. The number of alkyl halides is 1. The van der Waals surface area contributed by atoms with Crippen molar-refractivity contribution in [3.05, 3.63) is 45.8 Å². The van der Waals surface area contributed by atoms with E-state index in [4.69, 9.17) is 4.52 Å². The van der Waals surface area contributed by atoms with Crippen LogP contribution >= 0.6 is 15.9 Å². The Hall–Kier alpha value is -1.69. The number of aromatic nitrogens is 1. The van der Waals surface area contributed by atoms with E-state index >= 15 is 0 Å². The molecule has 0 saturated heterocycles. The van der Waals surface area contributed by atoms with Crippen molar-refractivity contribution in [2.75, 3.05) is 0 Å². The number of aryl methyl sites for hydroxylation is 1. The standard InChI is InChI=1S/C11H9BrN2O3/c1-7-11(10(6-12)17-13-7)8-2-4-9(5-3-8)14(15)16/h2-5H,6H2,1H3. The molecule has 0 saturated carbocycles. The average Bonchev–Trinajstić information content (AvgIpc) is 2.70. The molecule has 0 bridgehead atoms. The van der Waals surface area contributed by atoms with Crippen molar-refractivity contribution in [3.63, 3.8) is 0 Å². The minimum absolute atomic E-state index is 0.0725. The van der Waals surface area contributed by atoms with Gasteiger partial charge in [0, 0.05) is 17.7 Å². The fraction of sp³-hybridized carbons (Fsp3) is 0.182. The number of hydrogen-bond acceptors (Lipinski definition) is 4. The lowest BCUT2D eigenvalue weighted by Gasteiger charge is -2.00. The third kappa shape index (κ3) is 2.21. The zero-order valence-corrected chi connectivity index (χ0v) is 10.6. The Labute approximate surface area is 106 Å². The number of nitro benzene ring substituents is 1. The molecule has 0 spiro atoms. The fourth-order valence-corrected chi connectivity index (χ4v) is 2.01. The van der Waals surface area contributed by atoms with E-state index in [0.29, 0.717) is 5.33 Å². The van der Waals surface area contributed by atoms with Crippen LogP contribution in [0.3, 0.4) is 0 Å². The maximum Gasteiger partial charge on any atom is 0.269 e. The van der Waals surface area contributed by atoms with E-state index in [1.807, 2.05) is 6.92 Å². The summed E-state index contributed by atoms with van der Waals surface area (Å²) in [6.07, 6.45) is 0. The Morgan fingerprint density at radius 2 is 2.06 bits per heavy atom. The van der Waals surface area contributed by atoms with E-state index < -0.39 is 4.92 Å². The van der Waals surface area contributed by atoms with Crippen LogP contribution in [0.25, 0.3) is 11.1 Å². The van der Waals surface area contributed by atoms with Crippen molar-refractivity contribution >= 4 is 21.6 Å². The van der Waals surface area contributed by atoms with Crippen molar-refractivity contribution in [1.82, 2.24) is 5.16 Å². The van der Waals surface area contributed by atoms with E-state index in [-0.39, 0.29) is 5.69 Å². The van der Waals surface area contributed by atoms with Crippen molar-refractivity contribution in [1.29, 1.82) is 0 Å². The molecule has 2 rings (SSSR count). The van der Waals surface area contributed by atoms with E-state index in [2.05, 4.69) is 21.1 Å². The topological polar surface area (TPSA) is 69.2 Å². The summed E-state index contributed by atoms with van der Waals surface area (Å²) >= 11 is 3.31. The lowest BCUT2D eigenvalue weighted by molar-refractivity contribution is -0.384. The van der Waals surface area contributed by atoms with E-state index in [1.54, 1.807) is 12.1 Å². The second kappa shape index (κ2) is 4.67. The quantitative estimate of drug-likeness (QED) is 0.494. The third-order valence-electron chi connectivity index (χ3n) is 2.42. The summed E-state index contributed by atoms with van der Waals surface area (Å²) in [5, 5.41) is 15.0. The first kappa shape index (κ1) is 11.8. The largest absolute Gasteiger partial charge is 0.360 e. The van der Waals surface area contributed by atoms with Gasteiger partial charge in [0.1, 0.15) is 0 Å². The molecule has 0 N–H and O–H groups in total. The van der Waals surface area contributed by atoms with Crippen LogP contribution in [0.15, 0.2) is 28.8 Å². The van der Waals surface area contributed by atoms with Crippen LogP contribution in [0.5, 0.6) is 0 Å². The minimum atomic E-state index is -0.421. The van der Waals surface area contributed by atoms with Gasteiger partial charge in [-0.2, -0.15) is 0 Å². The molecule has 0 radical (unpaired) electrons. The number of hydrogen-bond donors (Lipinski definition) is 0. The summed E-state index contributed by atoms with van der Waals surface area (Å²) in [4.78, 5) is 10.1. The van der Waals surface area contributed by atoms with E-state index in [0.717, 1.165) is 22.6 Å². The molecule has 1 aromatic heterocycles. The van der Waals surface area contributed by atoms with Gasteiger partial charge in [-0.3, -0.25) is 10.1 Å². The summed E-state index contributed by atoms with van der Waals surface area (Å²) in [6.45, 7) is 1.84. The molecule has 17 heavy (non-hydrogen) atoms. The number of benzene rings is 1. The van der Waals surface area contributed by atoms with Gasteiger partial charge >= 0.3 is 0 Å². The van der Waals surface area contributed by atoms with Gasteiger partial charge in [-0.1, -0.05) is 21.1 Å². The molecule has 2 aromatic rings. The van der Waals surface area contributed by atoms with Gasteiger partial charge in [-0.05, 0) is 24.6 Å². The Morgan fingerprint density at radius 1 is 1.41 bits per heavy atom. The molecule has 0 aliphatic carbocycles. The van der Waals surface area contributed by atoms with Crippen molar-refractivity contribution in [2.24, 2.45) is 0 Å². The maximum atomic E-state index is 10.6. The predicted molar refractivity (Wildman–Crippen MR) is 66.0 cm³/mol. The molecule has 88 valence electrons. The van der Waals surface area contributed by atoms with E-state index in [9.17, 15) is 10.1 Å². The molecule has 0 aliphatic rings. The first-order chi connectivity index (χ1) is 8.13. The lowest BCUT2D eigenvalue weighted by Crippen LogP contribution is -1.88. The van der Waals surface area contributed by atoms with Crippen LogP contribution in [-0.2, 0) is 5.33 Å². The molecule has 5 nitrogen and oxygen atoms in total. The number of halogens is 1. The first-order valence-electron chi connectivity index (χ1n) is 4.89. The van der Waals surface area contributed by atoms with Gasteiger partial charge in [-0.25, -0.2) is 0 Å². The van der Waals surface area contributed by atoms with Crippen LogP contribution in [0.1, 0.15) is 11.5 Å². The number of nitro groups is 1. The maximum absolute atomic E-state index is 10.6. The van der Waals surface area contributed by atoms with Gasteiger partial charge in [0.05, 0.1) is 15.9 Å². The van der Waals surface area contributed by atoms with Crippen LogP contribution in [0.2, 0.25) is 0 Å². The average molecular weight is 297 g/mol. The number of non-ortho nitro benzene ring substituents is 1. The molecule has 6 heteroatoms. The van der Waals surface area contributed by atoms with Crippen LogP contribution in [-0.4, -0.2) is 10.1 Å². The smallest absolute Gasteiger partial charge is 0.269 e. The second-order valence-corrected chi connectivity index (χ2v) is 4.06. The van der Waals surface area contributed by atoms with Crippen LogP contribution < -0.4 is 0 Å². The molecular weight excluding hydrogens is 288 g/mol. The SMILES string of the molecule is Cc1noc(CBr)c1-c1ccc([N+](=O)[O-])cc1. The van der Waals surface area contributed by atoms with Gasteiger partial charge in [-0.15, -0.1) is 0 Å². The van der Waals surface area contributed by atoms with E-state index in [1.165, 1.54) is 12.1 Å². The van der Waals surface area contributed by atoms with Crippen molar-refractivity contribution in [2.45, 2.75) is 12.3 Å². The zero-order valence-electron chi connectivity index (χ0n) is 9.01. The monoisotopic (exact) mass is 296 g/mol. The lowest BCUT2D eigenvalue weighted by atomic mass is 10.0. The molecule has 0 fully saturated rings. The Balaban J connectivity index is 2.46. The molecule has 1 aromatic carbocycles. The highest BCUT2D eigenvalue weighted by molar-refractivity contribution is 9.08. The number of nitrogens with zero attached hydrogens (tertiary/aromatic N) is 2. The highest BCUT2D eigenvalue weighted by Gasteiger charge is 2.15. The summed E-state index contributed by atoms with van der Waals surface area (Å²) in [7, 11) is 0. The Kier molecular flexibility index (Phi) is 3.23. The van der Waals surface area contributed by atoms with Crippen molar-refractivity contribution < 1.29 is 9.45 Å². The zero-order chi connectivity index (χ0) is 12.4. The fourth-order valence-electron chi connectivity index (χ4n) is 1.63. The summed E-state index contributed by atoms with van der Waals surface area (Å²) < 4.78 is 5.15. The summed E-state index contributed by atoms with van der Waals surface area (Å²) in [5.41, 5.74) is 2.59. The summed E-state index contributed by atoms with van der Waals surface area (Å²) in [6, 6.07) is 6.34. The highest BCUT2D eigenvalue weighted by atomic mass is 79.9. The van der Waals surface area contributed by atoms with Gasteiger partial charge in [0.25, 0.3) is 5.69 Å². The Bertz CT molecular complexity index is 548. The predicted octanol–water partition coefficient (Wildman–Crippen LogP) is 3.45. The molecule has 0 atom stereocenters. The number of rotatable bonds is 3. The van der Waals surface area contributed by atoms with Crippen LogP contribution in [0.4, 0.5) is 5.69 Å². The normalized spacial score (nSPS) is 10.5.